The maximum Gasteiger partial charge on any atom is 0.229 e. The van der Waals surface area contributed by atoms with Gasteiger partial charge >= 0.3 is 0 Å². The zero-order chi connectivity index (χ0) is 19.8. The number of ether oxygens (including phenoxy) is 3. The average Bonchev–Trinajstić information content (AvgIpc) is 3.22. The van der Waals surface area contributed by atoms with Crippen molar-refractivity contribution in [3.63, 3.8) is 0 Å². The molecule has 0 spiro atoms. The van der Waals surface area contributed by atoms with E-state index in [1.165, 1.54) is 11.3 Å². The SMILES string of the molecule is COC1CC(C(=O)Nc2ncc(Oc3cnc(N4C5CCC4COC5)nc3)s2)C1. The summed E-state index contributed by atoms with van der Waals surface area (Å²) in [5, 5.41) is 3.94. The molecule has 0 radical (unpaired) electrons. The topological polar surface area (TPSA) is 98.7 Å². The van der Waals surface area contributed by atoms with E-state index in [1.807, 2.05) is 0 Å². The molecule has 29 heavy (non-hydrogen) atoms. The van der Waals surface area contributed by atoms with Crippen molar-refractivity contribution in [1.29, 1.82) is 0 Å². The molecule has 1 N–H and O–H groups in total. The molecule has 1 amide bonds. The third kappa shape index (κ3) is 3.79. The van der Waals surface area contributed by atoms with Gasteiger partial charge in [0.1, 0.15) is 0 Å². The molecule has 1 saturated carbocycles. The number of morpholine rings is 1. The summed E-state index contributed by atoms with van der Waals surface area (Å²) in [6.07, 6.45) is 8.88. The molecule has 3 aliphatic rings. The van der Waals surface area contributed by atoms with Crippen LogP contribution in [-0.4, -0.2) is 59.4 Å². The van der Waals surface area contributed by atoms with E-state index in [-0.39, 0.29) is 17.9 Å². The number of hydrogen-bond acceptors (Lipinski definition) is 9. The van der Waals surface area contributed by atoms with Crippen LogP contribution in [0, 0.1) is 5.92 Å². The third-order valence-electron chi connectivity index (χ3n) is 5.82. The Labute approximate surface area is 172 Å². The highest BCUT2D eigenvalue weighted by Gasteiger charge is 2.39. The molecule has 2 atom stereocenters. The number of fused-ring (bicyclic) bond motifs is 2. The van der Waals surface area contributed by atoms with E-state index in [0.29, 0.717) is 28.0 Å². The summed E-state index contributed by atoms with van der Waals surface area (Å²) in [6, 6.07) is 0.728. The van der Waals surface area contributed by atoms with Crippen LogP contribution in [-0.2, 0) is 14.3 Å². The Balaban J connectivity index is 1.18. The third-order valence-corrected chi connectivity index (χ3v) is 6.61. The van der Waals surface area contributed by atoms with Gasteiger partial charge in [0, 0.05) is 13.0 Å². The maximum atomic E-state index is 12.2. The molecular formula is C19H23N5O4S. The standard InChI is InChI=1S/C19H23N5O4S/c1-26-14-4-11(5-14)17(25)23-19-22-8-16(29-19)28-15-6-20-18(21-7-15)24-12-2-3-13(24)10-27-9-12/h6-8,11-14H,2-5,9-10H2,1H3,(H,22,23,25). The van der Waals surface area contributed by atoms with E-state index < -0.39 is 0 Å². The monoisotopic (exact) mass is 417 g/mol. The van der Waals surface area contributed by atoms with Gasteiger partial charge in [-0.25, -0.2) is 15.0 Å². The molecule has 2 saturated heterocycles. The number of thiazole rings is 1. The maximum absolute atomic E-state index is 12.2. The minimum absolute atomic E-state index is 0.00959. The fraction of sp³-hybridized carbons (Fsp3) is 0.579. The molecular weight excluding hydrogens is 394 g/mol. The number of methoxy groups -OCH3 is 1. The Bertz CT molecular complexity index is 854. The lowest BCUT2D eigenvalue weighted by Crippen LogP contribution is -2.46. The highest BCUT2D eigenvalue weighted by Crippen LogP contribution is 2.35. The quantitative estimate of drug-likeness (QED) is 0.765. The number of anilines is 2. The smallest absolute Gasteiger partial charge is 0.229 e. The second-order valence-electron chi connectivity index (χ2n) is 7.65. The molecule has 3 fully saturated rings. The first-order valence-electron chi connectivity index (χ1n) is 9.85. The number of hydrogen-bond donors (Lipinski definition) is 1. The highest BCUT2D eigenvalue weighted by atomic mass is 32.1. The first kappa shape index (κ1) is 18.7. The fourth-order valence-corrected chi connectivity index (χ4v) is 4.80. The lowest BCUT2D eigenvalue weighted by molar-refractivity contribution is -0.127. The minimum Gasteiger partial charge on any atom is -0.442 e. The minimum atomic E-state index is -0.0213. The van der Waals surface area contributed by atoms with Gasteiger partial charge in [0.2, 0.25) is 16.9 Å². The van der Waals surface area contributed by atoms with Gasteiger partial charge in [-0.05, 0) is 25.7 Å². The first-order valence-corrected chi connectivity index (χ1v) is 10.7. The van der Waals surface area contributed by atoms with Gasteiger partial charge in [-0.3, -0.25) is 4.79 Å². The molecule has 2 unspecified atom stereocenters. The van der Waals surface area contributed by atoms with Gasteiger partial charge in [0.05, 0.1) is 50.0 Å². The van der Waals surface area contributed by atoms with Gasteiger partial charge < -0.3 is 24.4 Å². The largest absolute Gasteiger partial charge is 0.442 e. The number of aromatic nitrogens is 3. The predicted molar refractivity (Wildman–Crippen MR) is 106 cm³/mol. The van der Waals surface area contributed by atoms with Crippen LogP contribution in [0.2, 0.25) is 0 Å². The second kappa shape index (κ2) is 7.85. The summed E-state index contributed by atoms with van der Waals surface area (Å²) in [7, 11) is 1.67. The Morgan fingerprint density at radius 1 is 1.17 bits per heavy atom. The zero-order valence-corrected chi connectivity index (χ0v) is 16.9. The summed E-state index contributed by atoms with van der Waals surface area (Å²) in [6.45, 7) is 1.47. The molecule has 0 aromatic carbocycles. The Kier molecular flexibility index (Phi) is 5.06. The Morgan fingerprint density at radius 2 is 1.90 bits per heavy atom. The molecule has 4 heterocycles. The van der Waals surface area contributed by atoms with Crippen molar-refractivity contribution in [3.8, 4) is 10.8 Å². The van der Waals surface area contributed by atoms with E-state index in [9.17, 15) is 4.79 Å². The van der Waals surface area contributed by atoms with Crippen LogP contribution < -0.4 is 15.0 Å². The Morgan fingerprint density at radius 3 is 2.59 bits per heavy atom. The van der Waals surface area contributed by atoms with Crippen LogP contribution in [0.15, 0.2) is 18.6 Å². The van der Waals surface area contributed by atoms with E-state index in [1.54, 1.807) is 25.7 Å². The van der Waals surface area contributed by atoms with Gasteiger partial charge in [-0.1, -0.05) is 11.3 Å². The average molecular weight is 417 g/mol. The molecule has 2 aromatic rings. The Hall–Kier alpha value is -2.30. The predicted octanol–water partition coefficient (Wildman–Crippen LogP) is 2.46. The van der Waals surface area contributed by atoms with Crippen molar-refractivity contribution in [2.75, 3.05) is 30.5 Å². The molecule has 1 aliphatic carbocycles. The summed E-state index contributed by atoms with van der Waals surface area (Å²) >= 11 is 1.28. The van der Waals surface area contributed by atoms with Crippen molar-refractivity contribution >= 4 is 28.3 Å². The van der Waals surface area contributed by atoms with Crippen molar-refractivity contribution in [2.24, 2.45) is 5.92 Å². The molecule has 5 rings (SSSR count). The van der Waals surface area contributed by atoms with E-state index >= 15 is 0 Å². The van der Waals surface area contributed by atoms with Crippen molar-refractivity contribution in [2.45, 2.75) is 43.9 Å². The van der Waals surface area contributed by atoms with Crippen molar-refractivity contribution in [3.05, 3.63) is 18.6 Å². The molecule has 154 valence electrons. The van der Waals surface area contributed by atoms with Crippen LogP contribution in [0.5, 0.6) is 10.8 Å². The zero-order valence-electron chi connectivity index (χ0n) is 16.1. The number of carbonyl (C=O) groups is 1. The molecule has 2 aromatic heterocycles. The summed E-state index contributed by atoms with van der Waals surface area (Å²) in [4.78, 5) is 27.7. The number of nitrogens with one attached hydrogen (secondary N) is 1. The van der Waals surface area contributed by atoms with E-state index in [0.717, 1.165) is 44.8 Å². The van der Waals surface area contributed by atoms with Crippen LogP contribution in [0.4, 0.5) is 11.1 Å². The lowest BCUT2D eigenvalue weighted by atomic mass is 9.82. The van der Waals surface area contributed by atoms with Gasteiger partial charge in [0.15, 0.2) is 10.9 Å². The van der Waals surface area contributed by atoms with Crippen molar-refractivity contribution < 1.29 is 19.0 Å². The van der Waals surface area contributed by atoms with Crippen LogP contribution in [0.25, 0.3) is 0 Å². The van der Waals surface area contributed by atoms with Crippen LogP contribution >= 0.6 is 11.3 Å². The highest BCUT2D eigenvalue weighted by molar-refractivity contribution is 7.17. The number of carbonyl (C=O) groups excluding carboxylic acids is 1. The normalized spacial score (nSPS) is 28.1. The number of amides is 1. The number of rotatable bonds is 6. The van der Waals surface area contributed by atoms with Crippen LogP contribution in [0.3, 0.4) is 0 Å². The van der Waals surface area contributed by atoms with Gasteiger partial charge in [-0.15, -0.1) is 0 Å². The molecule has 10 heteroatoms. The molecule has 2 aliphatic heterocycles. The van der Waals surface area contributed by atoms with E-state index in [4.69, 9.17) is 14.2 Å². The van der Waals surface area contributed by atoms with Crippen LogP contribution in [0.1, 0.15) is 25.7 Å². The summed E-state index contributed by atoms with van der Waals surface area (Å²) in [5.74, 6) is 1.23. The first-order chi connectivity index (χ1) is 14.2. The van der Waals surface area contributed by atoms with Gasteiger partial charge in [-0.2, -0.15) is 0 Å². The fourth-order valence-electron chi connectivity index (χ4n) is 4.11. The second-order valence-corrected chi connectivity index (χ2v) is 8.64. The molecule has 2 bridgehead atoms. The lowest BCUT2D eigenvalue weighted by Gasteiger charge is -2.34. The summed E-state index contributed by atoms with van der Waals surface area (Å²) < 4.78 is 16.6. The van der Waals surface area contributed by atoms with E-state index in [2.05, 4.69) is 25.2 Å². The summed E-state index contributed by atoms with van der Waals surface area (Å²) in [5.41, 5.74) is 0. The van der Waals surface area contributed by atoms with Gasteiger partial charge in [0.25, 0.3) is 0 Å². The number of nitrogens with zero attached hydrogens (tertiary/aromatic N) is 4. The van der Waals surface area contributed by atoms with Crippen molar-refractivity contribution in [1.82, 2.24) is 15.0 Å². The molecule has 9 nitrogen and oxygen atoms in total.